The highest BCUT2D eigenvalue weighted by Crippen LogP contribution is 2.41. The van der Waals surface area contributed by atoms with E-state index in [2.05, 4.69) is 63.9 Å². The van der Waals surface area contributed by atoms with Crippen molar-refractivity contribution < 1.29 is 13.5 Å². The van der Waals surface area contributed by atoms with Crippen LogP contribution in [0, 0.1) is 12.3 Å². The molecule has 1 atom stereocenters. The molecule has 2 aromatic heterocycles. The first-order valence-electron chi connectivity index (χ1n) is 9.21. The zero-order valence-electron chi connectivity index (χ0n) is 17.3. The SMILES string of the molecule is CNS(=O)(=O)c1cccc(Nc2nsnc2N[C@@H](c2ccc(C)s2)C(C)(C)C)c1O. The van der Waals surface area contributed by atoms with Crippen molar-refractivity contribution in [3.05, 3.63) is 40.1 Å². The van der Waals surface area contributed by atoms with Crippen molar-refractivity contribution in [2.24, 2.45) is 5.41 Å². The lowest BCUT2D eigenvalue weighted by atomic mass is 9.86. The van der Waals surface area contributed by atoms with Crippen molar-refractivity contribution in [2.45, 2.75) is 38.6 Å². The molecule has 0 saturated carbocycles. The summed E-state index contributed by atoms with van der Waals surface area (Å²) in [7, 11) is -2.51. The topological polar surface area (TPSA) is 116 Å². The first kappa shape index (κ1) is 22.5. The standard InChI is InChI=1S/C19H25N5O3S3/c1-11-9-10-13(28-11)16(19(2,3)4)22-18-17(23-29-24-18)21-12-7-6-8-14(15(12)25)30(26,27)20-5/h6-10,16,20,25H,1-5H3,(H,21,23)(H,22,24)/t16-/m0/s1. The number of thiophene rings is 1. The number of aromatic hydroxyl groups is 1. The first-order chi connectivity index (χ1) is 14.0. The summed E-state index contributed by atoms with van der Waals surface area (Å²) in [6.07, 6.45) is 0. The van der Waals surface area contributed by atoms with Crippen molar-refractivity contribution in [3.63, 3.8) is 0 Å². The fourth-order valence-corrected chi connectivity index (χ4v) is 5.39. The Bertz CT molecular complexity index is 1130. The maximum absolute atomic E-state index is 12.1. The predicted molar refractivity (Wildman–Crippen MR) is 122 cm³/mol. The van der Waals surface area contributed by atoms with E-state index in [0.29, 0.717) is 11.6 Å². The molecule has 3 aromatic rings. The molecule has 0 radical (unpaired) electrons. The Morgan fingerprint density at radius 1 is 1.10 bits per heavy atom. The van der Waals surface area contributed by atoms with Crippen molar-refractivity contribution in [2.75, 3.05) is 17.7 Å². The van der Waals surface area contributed by atoms with E-state index in [1.54, 1.807) is 23.5 Å². The average Bonchev–Trinajstić information content (AvgIpc) is 3.29. The number of hydrogen-bond acceptors (Lipinski definition) is 9. The Hall–Kier alpha value is -2.21. The number of sulfonamides is 1. The summed E-state index contributed by atoms with van der Waals surface area (Å²) in [6, 6.07) is 8.64. The number of phenolic OH excluding ortho intramolecular Hbond substituents is 1. The molecule has 0 amide bonds. The number of aromatic nitrogens is 2. The van der Waals surface area contributed by atoms with Gasteiger partial charge in [-0.3, -0.25) is 0 Å². The number of anilines is 3. The third kappa shape index (κ3) is 4.75. The van der Waals surface area contributed by atoms with E-state index >= 15 is 0 Å². The quantitative estimate of drug-likeness (QED) is 0.379. The van der Waals surface area contributed by atoms with Gasteiger partial charge in [0.1, 0.15) is 4.90 Å². The molecule has 1 aromatic carbocycles. The molecule has 8 nitrogen and oxygen atoms in total. The number of benzene rings is 1. The van der Waals surface area contributed by atoms with E-state index in [-0.39, 0.29) is 27.8 Å². The molecule has 2 heterocycles. The highest BCUT2D eigenvalue weighted by molar-refractivity contribution is 7.89. The van der Waals surface area contributed by atoms with E-state index in [0.717, 1.165) is 11.7 Å². The third-order valence-corrected chi connectivity index (χ3v) is 7.53. The van der Waals surface area contributed by atoms with Crippen LogP contribution in [0.3, 0.4) is 0 Å². The minimum Gasteiger partial charge on any atom is -0.504 e. The summed E-state index contributed by atoms with van der Waals surface area (Å²) >= 11 is 2.75. The summed E-state index contributed by atoms with van der Waals surface area (Å²) in [5.74, 6) is 0.566. The van der Waals surface area contributed by atoms with Crippen molar-refractivity contribution in [3.8, 4) is 5.75 Å². The monoisotopic (exact) mass is 467 g/mol. The molecule has 0 saturated heterocycles. The van der Waals surface area contributed by atoms with E-state index < -0.39 is 10.0 Å². The molecule has 3 rings (SSSR count). The maximum atomic E-state index is 12.1. The lowest BCUT2D eigenvalue weighted by molar-refractivity contribution is 0.351. The molecular weight excluding hydrogens is 442 g/mol. The van der Waals surface area contributed by atoms with Gasteiger partial charge in [-0.1, -0.05) is 26.8 Å². The van der Waals surface area contributed by atoms with Gasteiger partial charge in [0.2, 0.25) is 10.0 Å². The Morgan fingerprint density at radius 3 is 2.40 bits per heavy atom. The van der Waals surface area contributed by atoms with E-state index in [4.69, 9.17) is 0 Å². The van der Waals surface area contributed by atoms with Gasteiger partial charge in [0.25, 0.3) is 0 Å². The third-order valence-electron chi connectivity index (χ3n) is 4.49. The largest absolute Gasteiger partial charge is 0.504 e. The summed E-state index contributed by atoms with van der Waals surface area (Å²) in [6.45, 7) is 8.50. The molecular formula is C19H25N5O3S3. The smallest absolute Gasteiger partial charge is 0.244 e. The van der Waals surface area contributed by atoms with Gasteiger partial charge in [-0.05, 0) is 43.7 Å². The average molecular weight is 468 g/mol. The molecule has 0 aliphatic rings. The van der Waals surface area contributed by atoms with Crippen LogP contribution in [0.4, 0.5) is 17.3 Å². The highest BCUT2D eigenvalue weighted by atomic mass is 32.2. The summed E-state index contributed by atoms with van der Waals surface area (Å²) < 4.78 is 35.1. The van der Waals surface area contributed by atoms with Gasteiger partial charge in [0.05, 0.1) is 23.5 Å². The normalized spacial score (nSPS) is 13.2. The lowest BCUT2D eigenvalue weighted by Crippen LogP contribution is -2.25. The van der Waals surface area contributed by atoms with Crippen LogP contribution in [-0.4, -0.2) is 29.3 Å². The Labute approximate surface area is 184 Å². The molecule has 11 heteroatoms. The van der Waals surface area contributed by atoms with Crippen molar-refractivity contribution in [1.29, 1.82) is 0 Å². The first-order valence-corrected chi connectivity index (χ1v) is 12.2. The molecule has 30 heavy (non-hydrogen) atoms. The minimum absolute atomic E-state index is 0.00903. The molecule has 0 aliphatic carbocycles. The predicted octanol–water partition coefficient (Wildman–Crippen LogP) is 4.46. The zero-order chi connectivity index (χ0) is 22.1. The molecule has 0 unspecified atom stereocenters. The van der Waals surface area contributed by atoms with Crippen LogP contribution < -0.4 is 15.4 Å². The van der Waals surface area contributed by atoms with Gasteiger partial charge < -0.3 is 15.7 Å². The minimum atomic E-state index is -3.80. The molecule has 162 valence electrons. The highest BCUT2D eigenvalue weighted by Gasteiger charge is 2.29. The van der Waals surface area contributed by atoms with Gasteiger partial charge in [-0.2, -0.15) is 8.75 Å². The zero-order valence-corrected chi connectivity index (χ0v) is 19.8. The van der Waals surface area contributed by atoms with Gasteiger partial charge in [-0.15, -0.1) is 11.3 Å². The second-order valence-corrected chi connectivity index (χ2v) is 11.5. The fourth-order valence-electron chi connectivity index (χ4n) is 2.90. The van der Waals surface area contributed by atoms with Crippen LogP contribution in [0.25, 0.3) is 0 Å². The number of para-hydroxylation sites is 1. The van der Waals surface area contributed by atoms with Crippen LogP contribution in [0.5, 0.6) is 5.75 Å². The molecule has 0 spiro atoms. The van der Waals surface area contributed by atoms with E-state index in [1.807, 2.05) is 0 Å². The summed E-state index contributed by atoms with van der Waals surface area (Å²) in [5.41, 5.74) is 0.127. The van der Waals surface area contributed by atoms with Gasteiger partial charge in [0.15, 0.2) is 17.4 Å². The lowest BCUT2D eigenvalue weighted by Gasteiger charge is -2.31. The Morgan fingerprint density at radius 2 is 1.80 bits per heavy atom. The Kier molecular flexibility index (Phi) is 6.37. The number of rotatable bonds is 7. The van der Waals surface area contributed by atoms with Crippen molar-refractivity contribution >= 4 is 50.4 Å². The maximum Gasteiger partial charge on any atom is 0.244 e. The molecule has 0 aliphatic heterocycles. The summed E-state index contributed by atoms with van der Waals surface area (Å²) in [4.78, 5) is 2.20. The van der Waals surface area contributed by atoms with Gasteiger partial charge >= 0.3 is 0 Å². The van der Waals surface area contributed by atoms with Crippen molar-refractivity contribution in [1.82, 2.24) is 13.5 Å². The number of nitrogens with zero attached hydrogens (tertiary/aromatic N) is 2. The molecule has 0 fully saturated rings. The molecule has 0 bridgehead atoms. The van der Waals surface area contributed by atoms with Crippen LogP contribution in [0.1, 0.15) is 36.6 Å². The second kappa shape index (κ2) is 8.50. The van der Waals surface area contributed by atoms with Gasteiger partial charge in [0, 0.05) is 9.75 Å². The number of aryl methyl sites for hydroxylation is 1. The fraction of sp³-hybridized carbons (Fsp3) is 0.368. The van der Waals surface area contributed by atoms with E-state index in [9.17, 15) is 13.5 Å². The summed E-state index contributed by atoms with van der Waals surface area (Å²) in [5, 5.41) is 17.0. The number of phenols is 1. The van der Waals surface area contributed by atoms with Crippen LogP contribution >= 0.6 is 23.1 Å². The second-order valence-electron chi connectivity index (χ2n) is 7.84. The van der Waals surface area contributed by atoms with Crippen LogP contribution in [0.15, 0.2) is 35.2 Å². The number of nitrogens with one attached hydrogen (secondary N) is 3. The van der Waals surface area contributed by atoms with Crippen LogP contribution in [0.2, 0.25) is 0 Å². The van der Waals surface area contributed by atoms with Crippen LogP contribution in [-0.2, 0) is 10.0 Å². The molecule has 4 N–H and O–H groups in total. The van der Waals surface area contributed by atoms with Gasteiger partial charge in [-0.25, -0.2) is 13.1 Å². The van der Waals surface area contributed by atoms with E-state index in [1.165, 1.54) is 22.9 Å². The Balaban J connectivity index is 1.92. The number of hydrogen-bond donors (Lipinski definition) is 4.